The van der Waals surface area contributed by atoms with Crippen LogP contribution in [0.5, 0.6) is 5.75 Å². The zero-order valence-corrected chi connectivity index (χ0v) is 11.1. The zero-order chi connectivity index (χ0) is 14.5. The number of hydrogen-bond acceptors (Lipinski definition) is 6. The van der Waals surface area contributed by atoms with Crippen LogP contribution in [0.4, 0.5) is 13.2 Å². The molecule has 0 saturated carbocycles. The van der Waals surface area contributed by atoms with Gasteiger partial charge in [-0.2, -0.15) is 8.42 Å². The summed E-state index contributed by atoms with van der Waals surface area (Å²) in [5.41, 5.74) is 0. The van der Waals surface area contributed by atoms with E-state index in [9.17, 15) is 26.2 Å². The van der Waals surface area contributed by atoms with E-state index >= 15 is 0 Å². The van der Waals surface area contributed by atoms with Gasteiger partial charge in [0.25, 0.3) is 0 Å². The smallest absolute Gasteiger partial charge is 0.404 e. The molecule has 0 aromatic heterocycles. The molecule has 0 heterocycles. The molecule has 1 rings (SSSR count). The number of ether oxygens (including phenoxy) is 1. The van der Waals surface area contributed by atoms with Crippen molar-refractivity contribution in [3.8, 4) is 5.75 Å². The summed E-state index contributed by atoms with van der Waals surface area (Å²) in [5, 5.41) is 0. The Morgan fingerprint density at radius 3 is 2.42 bits per heavy atom. The molecule has 0 fully saturated rings. The SMILES string of the molecule is O=[PH2]OCOS(=O)(=O)c1ccccc1OC(F)(F)F. The molecule has 0 spiro atoms. The molecule has 0 saturated heterocycles. The molecule has 11 heteroatoms. The van der Waals surface area contributed by atoms with Crippen molar-refractivity contribution in [2.24, 2.45) is 0 Å². The van der Waals surface area contributed by atoms with Crippen molar-refractivity contribution in [3.63, 3.8) is 0 Å². The maximum absolute atomic E-state index is 12.1. The number of hydrogen-bond donors (Lipinski definition) is 0. The maximum Gasteiger partial charge on any atom is 0.573 e. The van der Waals surface area contributed by atoms with Crippen molar-refractivity contribution in [2.75, 3.05) is 6.79 Å². The summed E-state index contributed by atoms with van der Waals surface area (Å²) in [6, 6.07) is 4.06. The summed E-state index contributed by atoms with van der Waals surface area (Å²) in [6.45, 7) is -0.860. The Bertz CT molecular complexity index is 544. The first-order chi connectivity index (χ1) is 8.76. The molecular formula is C8H8F3O6PS. The summed E-state index contributed by atoms with van der Waals surface area (Å²) < 4.78 is 81.4. The first-order valence-corrected chi connectivity index (χ1v) is 6.91. The monoisotopic (exact) mass is 320 g/mol. The highest BCUT2D eigenvalue weighted by Gasteiger charge is 2.34. The first-order valence-electron chi connectivity index (χ1n) is 4.56. The second-order valence-corrected chi connectivity index (χ2v) is 5.06. The number of rotatable bonds is 6. The van der Waals surface area contributed by atoms with Crippen LogP contribution in [0.15, 0.2) is 29.2 Å². The maximum atomic E-state index is 12.1. The second-order valence-electron chi connectivity index (χ2n) is 2.95. The molecular weight excluding hydrogens is 312 g/mol. The molecule has 1 atom stereocenters. The van der Waals surface area contributed by atoms with Gasteiger partial charge >= 0.3 is 16.5 Å². The first kappa shape index (κ1) is 16.0. The number of halogens is 3. The standard InChI is InChI=1S/C8H8F3O6PS/c9-8(10,11)17-6-3-1-2-4-7(6)19(13,14)16-5-15-18-12/h1-4H,5,18H2. The Morgan fingerprint density at radius 1 is 1.21 bits per heavy atom. The lowest BCUT2D eigenvalue weighted by atomic mass is 10.3. The highest BCUT2D eigenvalue weighted by atomic mass is 32.2. The third-order valence-corrected chi connectivity index (χ3v) is 3.24. The highest BCUT2D eigenvalue weighted by molar-refractivity contribution is 7.86. The molecule has 1 aromatic rings. The Kier molecular flexibility index (Phi) is 5.36. The molecule has 19 heavy (non-hydrogen) atoms. The van der Waals surface area contributed by atoms with E-state index < -0.39 is 42.6 Å². The van der Waals surface area contributed by atoms with E-state index in [4.69, 9.17) is 0 Å². The van der Waals surface area contributed by atoms with Crippen LogP contribution in [0.3, 0.4) is 0 Å². The Labute approximate surface area is 107 Å². The fourth-order valence-corrected chi connectivity index (χ4v) is 2.18. The summed E-state index contributed by atoms with van der Waals surface area (Å²) in [5.74, 6) is -0.926. The van der Waals surface area contributed by atoms with Crippen LogP contribution in [0.25, 0.3) is 0 Å². The lowest BCUT2D eigenvalue weighted by Crippen LogP contribution is -2.19. The lowest BCUT2D eigenvalue weighted by molar-refractivity contribution is -0.275. The van der Waals surface area contributed by atoms with Gasteiger partial charge in [0, 0.05) is 0 Å². The average Bonchev–Trinajstić information content (AvgIpc) is 2.27. The predicted molar refractivity (Wildman–Crippen MR) is 57.7 cm³/mol. The number of para-hydroxylation sites is 1. The van der Waals surface area contributed by atoms with E-state index in [1.807, 2.05) is 0 Å². The van der Waals surface area contributed by atoms with E-state index in [0.29, 0.717) is 0 Å². The summed E-state index contributed by atoms with van der Waals surface area (Å²) >= 11 is 0. The van der Waals surface area contributed by atoms with E-state index in [1.54, 1.807) is 0 Å². The van der Waals surface area contributed by atoms with Gasteiger partial charge in [-0.3, -0.25) is 4.57 Å². The van der Waals surface area contributed by atoms with Gasteiger partial charge < -0.3 is 9.26 Å². The summed E-state index contributed by atoms with van der Waals surface area (Å²) in [4.78, 5) is -0.808. The van der Waals surface area contributed by atoms with E-state index in [-0.39, 0.29) is 0 Å². The van der Waals surface area contributed by atoms with E-state index in [1.165, 1.54) is 12.1 Å². The van der Waals surface area contributed by atoms with Crippen molar-refractivity contribution >= 4 is 18.8 Å². The molecule has 108 valence electrons. The largest absolute Gasteiger partial charge is 0.573 e. The number of alkyl halides is 3. The van der Waals surface area contributed by atoms with Crippen molar-refractivity contribution < 1.29 is 39.6 Å². The van der Waals surface area contributed by atoms with Crippen molar-refractivity contribution in [1.82, 2.24) is 0 Å². The van der Waals surface area contributed by atoms with Gasteiger partial charge in [0.05, 0.1) is 0 Å². The fraction of sp³-hybridized carbons (Fsp3) is 0.250. The molecule has 0 aliphatic rings. The summed E-state index contributed by atoms with van der Waals surface area (Å²) in [7, 11) is -6.20. The van der Waals surface area contributed by atoms with Crippen LogP contribution in [0.1, 0.15) is 0 Å². The number of benzene rings is 1. The molecule has 0 bridgehead atoms. The predicted octanol–water partition coefficient (Wildman–Crippen LogP) is 1.94. The van der Waals surface area contributed by atoms with Crippen molar-refractivity contribution in [2.45, 2.75) is 11.3 Å². The lowest BCUT2D eigenvalue weighted by Gasteiger charge is -2.12. The zero-order valence-electron chi connectivity index (χ0n) is 9.09. The molecule has 6 nitrogen and oxygen atoms in total. The van der Waals surface area contributed by atoms with Gasteiger partial charge in [0.1, 0.15) is 4.90 Å². The second kappa shape index (κ2) is 6.38. The van der Waals surface area contributed by atoms with Gasteiger partial charge in [-0.1, -0.05) is 12.1 Å². The fourth-order valence-electron chi connectivity index (χ4n) is 1.05. The molecule has 1 unspecified atom stereocenters. The molecule has 0 aliphatic carbocycles. The third-order valence-electron chi connectivity index (χ3n) is 1.68. The molecule has 0 radical (unpaired) electrons. The van der Waals surface area contributed by atoms with Crippen molar-refractivity contribution in [3.05, 3.63) is 24.3 Å². The van der Waals surface area contributed by atoms with Crippen LogP contribution < -0.4 is 4.74 Å². The van der Waals surface area contributed by atoms with Gasteiger partial charge in [0.2, 0.25) is 0 Å². The van der Waals surface area contributed by atoms with Gasteiger partial charge in [0.15, 0.2) is 21.2 Å². The molecule has 0 N–H and O–H groups in total. The Morgan fingerprint density at radius 2 is 1.84 bits per heavy atom. The van der Waals surface area contributed by atoms with Gasteiger partial charge in [-0.05, 0) is 12.1 Å². The van der Waals surface area contributed by atoms with E-state index in [0.717, 1.165) is 12.1 Å². The highest BCUT2D eigenvalue weighted by Crippen LogP contribution is 2.30. The summed E-state index contributed by atoms with van der Waals surface area (Å²) in [6.07, 6.45) is -5.04. The normalized spacial score (nSPS) is 13.0. The minimum Gasteiger partial charge on any atom is -0.404 e. The Balaban J connectivity index is 3.02. The minimum absolute atomic E-state index is 0.808. The van der Waals surface area contributed by atoms with Gasteiger partial charge in [-0.25, -0.2) is 4.18 Å². The molecule has 0 amide bonds. The van der Waals surface area contributed by atoms with Crippen LogP contribution in [-0.4, -0.2) is 21.6 Å². The molecule has 1 aromatic carbocycles. The van der Waals surface area contributed by atoms with Crippen molar-refractivity contribution in [1.29, 1.82) is 0 Å². The van der Waals surface area contributed by atoms with Crippen LogP contribution in [-0.2, 0) is 23.4 Å². The minimum atomic E-state index is -5.04. The third kappa shape index (κ3) is 5.19. The van der Waals surface area contributed by atoms with Crippen LogP contribution in [0, 0.1) is 0 Å². The average molecular weight is 320 g/mol. The molecule has 0 aliphatic heterocycles. The Hall–Kier alpha value is -1.09. The van der Waals surface area contributed by atoms with Gasteiger partial charge in [-0.15, -0.1) is 13.2 Å². The van der Waals surface area contributed by atoms with E-state index in [2.05, 4.69) is 13.4 Å². The van der Waals surface area contributed by atoms with Crippen LogP contribution in [0.2, 0.25) is 0 Å². The topological polar surface area (TPSA) is 78.9 Å². The quantitative estimate of drug-likeness (QED) is 0.345. The van der Waals surface area contributed by atoms with Crippen LogP contribution >= 0.6 is 8.69 Å².